The summed E-state index contributed by atoms with van der Waals surface area (Å²) >= 11 is 0. The Kier molecular flexibility index (Phi) is 53.0. The van der Waals surface area contributed by atoms with E-state index in [4.69, 9.17) is 15.0 Å². The van der Waals surface area contributed by atoms with E-state index in [9.17, 15) is 0 Å². The second-order valence-corrected chi connectivity index (χ2v) is 0.250. The van der Waals surface area contributed by atoms with Crippen molar-refractivity contribution in [2.45, 2.75) is 0 Å². The molecule has 0 aliphatic carbocycles. The maximum atomic E-state index is 8.33. The Hall–Kier alpha value is 1.44. The van der Waals surface area contributed by atoms with Gasteiger partial charge in [0.2, 0.25) is 0 Å². The van der Waals surface area contributed by atoms with Gasteiger partial charge in [-0.3, -0.25) is 0 Å². The Morgan fingerprint density at radius 3 is 1.29 bits per heavy atom. The van der Waals surface area contributed by atoms with Crippen LogP contribution in [0.1, 0.15) is 0 Å². The molecule has 0 spiro atoms. The summed E-state index contributed by atoms with van der Waals surface area (Å²) in [5, 5.41) is 16.7. The predicted octanol–water partition coefficient (Wildman–Crippen LogP) is -5.83. The Morgan fingerprint density at radius 1 is 1.29 bits per heavy atom. The topological polar surface area (TPSA) is 63.2 Å². The molecule has 0 aliphatic heterocycles. The predicted molar refractivity (Wildman–Crippen MR) is 11.1 cm³/mol. The van der Waals surface area contributed by atoms with Gasteiger partial charge in [-0.1, -0.05) is 0 Å². The van der Waals surface area contributed by atoms with Crippen molar-refractivity contribution >= 4 is 43.9 Å². The van der Waals surface area contributed by atoms with Gasteiger partial charge in [-0.2, -0.15) is 0 Å². The minimum Gasteiger partial charge on any atom is -1.00 e. The fourth-order valence-electron chi connectivity index (χ4n) is 0. The molecule has 0 amide bonds. The zero-order valence-corrected chi connectivity index (χ0v) is 9.45. The Morgan fingerprint density at radius 2 is 1.29 bits per heavy atom. The smallest absolute Gasteiger partial charge is 1.00 e. The van der Waals surface area contributed by atoms with Crippen LogP contribution in [0.15, 0.2) is 0 Å². The Bertz CT molecular complexity index is 37.9. The van der Waals surface area contributed by atoms with Crippen LogP contribution < -0.4 is 22.6 Å². The third-order valence-electron chi connectivity index (χ3n) is 0. The average Bonchev–Trinajstić information content (AvgIpc) is 0.811. The molecule has 0 aromatic heterocycles. The zero-order chi connectivity index (χ0) is 3.58. The van der Waals surface area contributed by atoms with Crippen LogP contribution in [0.2, 0.25) is 0 Å². The largest absolute Gasteiger partial charge is 2.00 e. The van der Waals surface area contributed by atoms with E-state index in [1.54, 1.807) is 0 Å². The number of carbonyl (C=O) groups excluding carboxylic acids is 1. The normalized spacial score (nSPS) is 3.43. The first kappa shape index (κ1) is 23.7. The van der Waals surface area contributed by atoms with Crippen LogP contribution >= 0.6 is 0 Å². The minimum atomic E-state index is -2.33. The molecule has 6 heteroatoms. The molecular formula is CCaClO3Zn+. The third-order valence-corrected chi connectivity index (χ3v) is 0. The second kappa shape index (κ2) is 15.7. The minimum absolute atomic E-state index is 0. The summed E-state index contributed by atoms with van der Waals surface area (Å²) in [4.78, 5) is 8.33. The van der Waals surface area contributed by atoms with Gasteiger partial charge in [0.1, 0.15) is 0 Å². The van der Waals surface area contributed by atoms with E-state index in [2.05, 4.69) is 0 Å². The molecule has 0 bridgehead atoms. The molecular weight excluding hydrogens is 201 g/mol. The number of carboxylic acid groups (broad SMARTS) is 2. The molecule has 0 unspecified atom stereocenters. The Labute approximate surface area is 89.6 Å². The van der Waals surface area contributed by atoms with Gasteiger partial charge in [-0.25, -0.2) is 0 Å². The molecule has 0 radical (unpaired) electrons. The van der Waals surface area contributed by atoms with Crippen molar-refractivity contribution in [1.82, 2.24) is 0 Å². The first-order valence-corrected chi connectivity index (χ1v) is 0.612. The zero-order valence-electron chi connectivity index (χ0n) is 3.52. The summed E-state index contributed by atoms with van der Waals surface area (Å²) in [6, 6.07) is 0. The molecule has 0 saturated carbocycles. The van der Waals surface area contributed by atoms with E-state index < -0.39 is 6.16 Å². The number of halogens is 1. The monoisotopic (exact) mass is 199 g/mol. The van der Waals surface area contributed by atoms with Gasteiger partial charge in [0.05, 0.1) is 0 Å². The van der Waals surface area contributed by atoms with Gasteiger partial charge >= 0.3 is 57.2 Å². The van der Waals surface area contributed by atoms with E-state index in [1.165, 1.54) is 0 Å². The van der Waals surface area contributed by atoms with Crippen LogP contribution in [-0.2, 0) is 19.5 Å². The van der Waals surface area contributed by atoms with Crippen LogP contribution in [0.5, 0.6) is 0 Å². The number of carbonyl (C=O) groups is 1. The summed E-state index contributed by atoms with van der Waals surface area (Å²) < 4.78 is 0. The van der Waals surface area contributed by atoms with E-state index >= 15 is 0 Å². The first-order chi connectivity index (χ1) is 1.73. The molecule has 0 aromatic rings. The van der Waals surface area contributed by atoms with Crippen molar-refractivity contribution in [2.24, 2.45) is 0 Å². The molecule has 3 nitrogen and oxygen atoms in total. The van der Waals surface area contributed by atoms with Crippen molar-refractivity contribution in [2.75, 3.05) is 0 Å². The van der Waals surface area contributed by atoms with Gasteiger partial charge in [0.15, 0.2) is 0 Å². The third kappa shape index (κ3) is 106. The summed E-state index contributed by atoms with van der Waals surface area (Å²) in [6.07, 6.45) is -2.33. The van der Waals surface area contributed by atoms with Crippen LogP contribution in [0.4, 0.5) is 4.79 Å². The number of rotatable bonds is 0. The van der Waals surface area contributed by atoms with Crippen molar-refractivity contribution in [1.29, 1.82) is 0 Å². The molecule has 7 heavy (non-hydrogen) atoms. The Balaban J connectivity index is -0.0000000150. The van der Waals surface area contributed by atoms with Crippen molar-refractivity contribution in [3.05, 3.63) is 0 Å². The van der Waals surface area contributed by atoms with E-state index in [0.717, 1.165) is 0 Å². The first-order valence-electron chi connectivity index (χ1n) is 0.612. The van der Waals surface area contributed by atoms with Gasteiger partial charge in [0.25, 0.3) is 0 Å². The molecule has 0 fully saturated rings. The quantitative estimate of drug-likeness (QED) is 0.366. The summed E-state index contributed by atoms with van der Waals surface area (Å²) in [5.41, 5.74) is 0. The van der Waals surface area contributed by atoms with Crippen LogP contribution in [0.25, 0.3) is 0 Å². The fourth-order valence-corrected chi connectivity index (χ4v) is 0. The second-order valence-electron chi connectivity index (χ2n) is 0.250. The van der Waals surface area contributed by atoms with Gasteiger partial charge in [0, 0.05) is 0 Å². The standard InChI is InChI=1S/CH2O3.Ca.ClH.Zn/c2-1(3)4;;;/h(H2,2,3,4);;1H;/q;+2;;+2/p-3. The average molecular weight is 201 g/mol. The molecule has 0 heterocycles. The van der Waals surface area contributed by atoms with E-state index in [0.29, 0.717) is 0 Å². The molecule has 0 aromatic carbocycles. The number of hydrogen-bond acceptors (Lipinski definition) is 3. The molecule has 0 saturated heterocycles. The SMILES string of the molecule is O=C([O-])[O-].[Ca+2].[Cl-].[Zn+2]. The van der Waals surface area contributed by atoms with E-state index in [-0.39, 0.29) is 69.6 Å². The van der Waals surface area contributed by atoms with Crippen LogP contribution in [-0.4, -0.2) is 43.9 Å². The van der Waals surface area contributed by atoms with Crippen molar-refractivity contribution < 1.29 is 46.9 Å². The van der Waals surface area contributed by atoms with Crippen LogP contribution in [0.3, 0.4) is 0 Å². The van der Waals surface area contributed by atoms with E-state index in [1.807, 2.05) is 0 Å². The molecule has 0 aliphatic rings. The molecule has 0 N–H and O–H groups in total. The molecule has 0 rings (SSSR count). The van der Waals surface area contributed by atoms with Crippen LogP contribution in [0, 0.1) is 0 Å². The van der Waals surface area contributed by atoms with Gasteiger partial charge in [-0.05, 0) is 6.16 Å². The van der Waals surface area contributed by atoms with Gasteiger partial charge < -0.3 is 27.4 Å². The van der Waals surface area contributed by atoms with Crippen molar-refractivity contribution in [3.8, 4) is 0 Å². The molecule has 0 atom stereocenters. The summed E-state index contributed by atoms with van der Waals surface area (Å²) in [6.45, 7) is 0. The van der Waals surface area contributed by atoms with Crippen molar-refractivity contribution in [3.63, 3.8) is 0 Å². The number of hydrogen-bond donors (Lipinski definition) is 0. The maximum Gasteiger partial charge on any atom is 2.00 e. The maximum absolute atomic E-state index is 8.33. The summed E-state index contributed by atoms with van der Waals surface area (Å²) in [7, 11) is 0. The van der Waals surface area contributed by atoms with Gasteiger partial charge in [-0.15, -0.1) is 0 Å². The summed E-state index contributed by atoms with van der Waals surface area (Å²) in [5.74, 6) is 0. The fraction of sp³-hybridized carbons (Fsp3) is 0. The molecule has 32 valence electrons.